The Morgan fingerprint density at radius 3 is 3.00 bits per heavy atom. The number of amidine groups is 1. The monoisotopic (exact) mass is 316 g/mol. The second-order valence-corrected chi connectivity index (χ2v) is 4.48. The van der Waals surface area contributed by atoms with Crippen molar-refractivity contribution in [1.29, 1.82) is 0 Å². The molecule has 0 amide bonds. The molecule has 0 bridgehead atoms. The van der Waals surface area contributed by atoms with E-state index in [4.69, 9.17) is 15.7 Å². The van der Waals surface area contributed by atoms with Gasteiger partial charge < -0.3 is 20.6 Å². The molecule has 0 atom stereocenters. The van der Waals surface area contributed by atoms with E-state index in [2.05, 4.69) is 26.1 Å². The Labute approximate surface area is 115 Å². The van der Waals surface area contributed by atoms with Gasteiger partial charge in [0, 0.05) is 32.8 Å². The number of nitrogens with zero attached hydrogens (tertiary/aromatic N) is 3. The molecule has 0 unspecified atom stereocenters. The average molecular weight is 317 g/mol. The van der Waals surface area contributed by atoms with Crippen molar-refractivity contribution in [3.8, 4) is 0 Å². The van der Waals surface area contributed by atoms with Gasteiger partial charge >= 0.3 is 0 Å². The van der Waals surface area contributed by atoms with Gasteiger partial charge in [0.25, 0.3) is 0 Å². The number of halogens is 1. The Kier molecular flexibility index (Phi) is 6.45. The predicted molar refractivity (Wildman–Crippen MR) is 74.1 cm³/mol. The molecule has 0 aromatic carbocycles. The van der Waals surface area contributed by atoms with E-state index in [1.807, 2.05) is 17.0 Å². The van der Waals surface area contributed by atoms with Crippen LogP contribution in [0.2, 0.25) is 0 Å². The Balaban J connectivity index is 2.74. The first kappa shape index (κ1) is 14.7. The third-order valence-electron chi connectivity index (χ3n) is 2.37. The standard InChI is InChI=1S/C11H17BrN4O2/c1-18-8-7-16(6-4-10(13)15-17)11-9(12)3-2-5-14-11/h2-3,5,17H,4,6-8H2,1H3,(H2,13,15). The molecule has 1 aromatic rings. The van der Waals surface area contributed by atoms with E-state index in [-0.39, 0.29) is 5.84 Å². The number of nitrogens with two attached hydrogens (primary N) is 1. The number of rotatable bonds is 7. The number of hydrogen-bond acceptors (Lipinski definition) is 5. The molecule has 0 aliphatic carbocycles. The van der Waals surface area contributed by atoms with Crippen LogP contribution in [0.4, 0.5) is 5.82 Å². The van der Waals surface area contributed by atoms with Crippen molar-refractivity contribution in [2.24, 2.45) is 10.9 Å². The van der Waals surface area contributed by atoms with Crippen molar-refractivity contribution in [2.75, 3.05) is 31.7 Å². The Morgan fingerprint density at radius 2 is 2.39 bits per heavy atom. The van der Waals surface area contributed by atoms with Gasteiger partial charge in [0.2, 0.25) is 0 Å². The molecule has 7 heteroatoms. The fraction of sp³-hybridized carbons (Fsp3) is 0.455. The maximum absolute atomic E-state index is 8.54. The summed E-state index contributed by atoms with van der Waals surface area (Å²) >= 11 is 3.46. The fourth-order valence-corrected chi connectivity index (χ4v) is 1.94. The first-order valence-corrected chi connectivity index (χ1v) is 6.29. The molecule has 0 aliphatic heterocycles. The number of anilines is 1. The zero-order valence-electron chi connectivity index (χ0n) is 10.2. The summed E-state index contributed by atoms with van der Waals surface area (Å²) < 4.78 is 5.97. The van der Waals surface area contributed by atoms with E-state index < -0.39 is 0 Å². The average Bonchev–Trinajstić information content (AvgIpc) is 2.39. The van der Waals surface area contributed by atoms with Crippen LogP contribution in [0.15, 0.2) is 28.0 Å². The van der Waals surface area contributed by atoms with Crippen molar-refractivity contribution in [3.63, 3.8) is 0 Å². The minimum absolute atomic E-state index is 0.199. The smallest absolute Gasteiger partial charge is 0.142 e. The molecule has 0 spiro atoms. The highest BCUT2D eigenvalue weighted by atomic mass is 79.9. The maximum Gasteiger partial charge on any atom is 0.142 e. The van der Waals surface area contributed by atoms with E-state index in [1.165, 1.54) is 0 Å². The summed E-state index contributed by atoms with van der Waals surface area (Å²) in [7, 11) is 1.65. The molecule has 0 radical (unpaired) electrons. The number of pyridine rings is 1. The van der Waals surface area contributed by atoms with Crippen molar-refractivity contribution >= 4 is 27.6 Å². The van der Waals surface area contributed by atoms with Gasteiger partial charge in [-0.2, -0.15) is 0 Å². The van der Waals surface area contributed by atoms with Crippen molar-refractivity contribution < 1.29 is 9.94 Å². The van der Waals surface area contributed by atoms with Gasteiger partial charge in [0.15, 0.2) is 0 Å². The van der Waals surface area contributed by atoms with E-state index in [1.54, 1.807) is 13.3 Å². The lowest BCUT2D eigenvalue weighted by molar-refractivity contribution is 0.205. The summed E-state index contributed by atoms with van der Waals surface area (Å²) in [5, 5.41) is 11.5. The first-order chi connectivity index (χ1) is 8.69. The van der Waals surface area contributed by atoms with Crippen LogP contribution < -0.4 is 10.6 Å². The van der Waals surface area contributed by atoms with Gasteiger partial charge in [-0.05, 0) is 28.1 Å². The summed E-state index contributed by atoms with van der Waals surface area (Å²) in [5.41, 5.74) is 5.48. The van der Waals surface area contributed by atoms with Crippen LogP contribution in [0.3, 0.4) is 0 Å². The van der Waals surface area contributed by atoms with Crippen molar-refractivity contribution in [1.82, 2.24) is 4.98 Å². The Morgan fingerprint density at radius 1 is 1.61 bits per heavy atom. The summed E-state index contributed by atoms with van der Waals surface area (Å²) in [6, 6.07) is 3.78. The molecule has 100 valence electrons. The number of ether oxygens (including phenoxy) is 1. The molecule has 0 saturated carbocycles. The second kappa shape index (κ2) is 7.88. The normalized spacial score (nSPS) is 11.6. The lowest BCUT2D eigenvalue weighted by Crippen LogP contribution is -2.32. The molecule has 1 aromatic heterocycles. The third-order valence-corrected chi connectivity index (χ3v) is 2.99. The van der Waals surface area contributed by atoms with Gasteiger partial charge in [-0.15, -0.1) is 0 Å². The van der Waals surface area contributed by atoms with E-state index in [9.17, 15) is 0 Å². The molecule has 0 saturated heterocycles. The molecule has 0 fully saturated rings. The molecule has 6 nitrogen and oxygen atoms in total. The second-order valence-electron chi connectivity index (χ2n) is 3.63. The topological polar surface area (TPSA) is 84.0 Å². The summed E-state index contributed by atoms with van der Waals surface area (Å²) in [6.45, 7) is 1.87. The number of aromatic nitrogens is 1. The lowest BCUT2D eigenvalue weighted by atomic mass is 10.3. The van der Waals surface area contributed by atoms with E-state index in [0.717, 1.165) is 10.3 Å². The highest BCUT2D eigenvalue weighted by molar-refractivity contribution is 9.10. The summed E-state index contributed by atoms with van der Waals surface area (Å²) in [6.07, 6.45) is 2.19. The van der Waals surface area contributed by atoms with Gasteiger partial charge in [-0.3, -0.25) is 0 Å². The SMILES string of the molecule is COCCN(CCC(N)=NO)c1ncccc1Br. The van der Waals surface area contributed by atoms with Crippen molar-refractivity contribution in [3.05, 3.63) is 22.8 Å². The highest BCUT2D eigenvalue weighted by Gasteiger charge is 2.11. The van der Waals surface area contributed by atoms with Crippen LogP contribution in [0.5, 0.6) is 0 Å². The zero-order chi connectivity index (χ0) is 13.4. The zero-order valence-corrected chi connectivity index (χ0v) is 11.8. The van der Waals surface area contributed by atoms with E-state index >= 15 is 0 Å². The highest BCUT2D eigenvalue weighted by Crippen LogP contribution is 2.22. The van der Waals surface area contributed by atoms with Crippen LogP contribution >= 0.6 is 15.9 Å². The Hall–Kier alpha value is -1.34. The molecule has 0 aliphatic rings. The number of oxime groups is 1. The number of methoxy groups -OCH3 is 1. The largest absolute Gasteiger partial charge is 0.409 e. The number of hydrogen-bond donors (Lipinski definition) is 2. The molecule has 1 heterocycles. The fourth-order valence-electron chi connectivity index (χ4n) is 1.43. The molecular weight excluding hydrogens is 300 g/mol. The van der Waals surface area contributed by atoms with Crippen LogP contribution in [0.1, 0.15) is 6.42 Å². The molecule has 1 rings (SSSR count). The lowest BCUT2D eigenvalue weighted by Gasteiger charge is -2.24. The molecular formula is C11H17BrN4O2. The molecule has 3 N–H and O–H groups in total. The van der Waals surface area contributed by atoms with Crippen molar-refractivity contribution in [2.45, 2.75) is 6.42 Å². The minimum Gasteiger partial charge on any atom is -0.409 e. The van der Waals surface area contributed by atoms with Gasteiger partial charge in [-0.1, -0.05) is 5.16 Å². The van der Waals surface area contributed by atoms with Crippen LogP contribution in [-0.4, -0.2) is 42.8 Å². The van der Waals surface area contributed by atoms with Crippen LogP contribution in [0.25, 0.3) is 0 Å². The first-order valence-electron chi connectivity index (χ1n) is 5.49. The van der Waals surface area contributed by atoms with Gasteiger partial charge in [0.05, 0.1) is 11.1 Å². The predicted octanol–water partition coefficient (Wildman–Crippen LogP) is 1.43. The van der Waals surface area contributed by atoms with Crippen LogP contribution in [-0.2, 0) is 4.74 Å². The molecule has 18 heavy (non-hydrogen) atoms. The Bertz CT molecular complexity index is 400. The summed E-state index contributed by atoms with van der Waals surface area (Å²) in [4.78, 5) is 6.34. The summed E-state index contributed by atoms with van der Waals surface area (Å²) in [5.74, 6) is 1.02. The van der Waals surface area contributed by atoms with Crippen LogP contribution in [0, 0.1) is 0 Å². The van der Waals surface area contributed by atoms with Gasteiger partial charge in [0.1, 0.15) is 11.7 Å². The van der Waals surface area contributed by atoms with E-state index in [0.29, 0.717) is 26.1 Å². The van der Waals surface area contributed by atoms with Gasteiger partial charge in [-0.25, -0.2) is 4.98 Å². The minimum atomic E-state index is 0.199. The third kappa shape index (κ3) is 4.50. The quantitative estimate of drug-likeness (QED) is 0.344. The maximum atomic E-state index is 8.54.